The van der Waals surface area contributed by atoms with E-state index in [-0.39, 0.29) is 13.0 Å². The Morgan fingerprint density at radius 3 is 2.59 bits per heavy atom. The lowest BCUT2D eigenvalue weighted by Crippen LogP contribution is -2.56. The van der Waals surface area contributed by atoms with E-state index < -0.39 is 55.2 Å². The molecule has 2 rings (SSSR count). The number of nitrogens with one attached hydrogen (secondary N) is 2. The summed E-state index contributed by atoms with van der Waals surface area (Å²) in [5.74, 6) is -5.03. The van der Waals surface area contributed by atoms with Crippen molar-refractivity contribution in [1.82, 2.24) is 15.5 Å². The fraction of sp³-hybridized carbons (Fsp3) is 0.609. The lowest BCUT2D eigenvalue weighted by molar-refractivity contribution is -0.149. The van der Waals surface area contributed by atoms with Crippen LogP contribution in [0.3, 0.4) is 0 Å². The molecule has 1 aromatic carbocycles. The van der Waals surface area contributed by atoms with E-state index in [1.165, 1.54) is 0 Å². The molecule has 1 saturated heterocycles. The molecular formula is C23H33F2N3O6. The van der Waals surface area contributed by atoms with Gasteiger partial charge in [-0.2, -0.15) is 0 Å². The van der Waals surface area contributed by atoms with E-state index in [1.807, 2.05) is 6.92 Å². The highest BCUT2D eigenvalue weighted by molar-refractivity contribution is 5.87. The number of aliphatic hydroxyl groups is 1. The monoisotopic (exact) mass is 485 g/mol. The van der Waals surface area contributed by atoms with Gasteiger partial charge >= 0.3 is 6.09 Å². The molecule has 190 valence electrons. The largest absolute Gasteiger partial charge is 0.444 e. The zero-order valence-electron chi connectivity index (χ0n) is 19.5. The molecule has 3 amide bonds. The van der Waals surface area contributed by atoms with Gasteiger partial charge in [0, 0.05) is 19.9 Å². The van der Waals surface area contributed by atoms with Crippen molar-refractivity contribution in [1.29, 1.82) is 0 Å². The number of alkyl halides is 2. The third-order valence-electron chi connectivity index (χ3n) is 5.08. The molecule has 9 nitrogen and oxygen atoms in total. The highest BCUT2D eigenvalue weighted by Crippen LogP contribution is 2.17. The molecule has 34 heavy (non-hydrogen) atoms. The number of amides is 3. The van der Waals surface area contributed by atoms with Gasteiger partial charge in [0.05, 0.1) is 32.3 Å². The first-order valence-corrected chi connectivity index (χ1v) is 11.3. The average molecular weight is 486 g/mol. The predicted molar refractivity (Wildman–Crippen MR) is 119 cm³/mol. The summed E-state index contributed by atoms with van der Waals surface area (Å²) in [6, 6.07) is 7.56. The summed E-state index contributed by atoms with van der Waals surface area (Å²) in [5, 5.41) is 15.8. The molecule has 0 aromatic heterocycles. The minimum absolute atomic E-state index is 0.0302. The maximum atomic E-state index is 13.8. The van der Waals surface area contributed by atoms with Crippen molar-refractivity contribution < 1.29 is 37.7 Å². The van der Waals surface area contributed by atoms with Crippen LogP contribution in [0.5, 0.6) is 0 Å². The molecule has 1 aromatic rings. The van der Waals surface area contributed by atoms with Crippen molar-refractivity contribution in [3.8, 4) is 0 Å². The Hall–Kier alpha value is -2.79. The number of rotatable bonds is 12. The van der Waals surface area contributed by atoms with E-state index in [4.69, 9.17) is 9.47 Å². The molecule has 1 aliphatic heterocycles. The van der Waals surface area contributed by atoms with Gasteiger partial charge in [-0.25, -0.2) is 13.6 Å². The summed E-state index contributed by atoms with van der Waals surface area (Å²) in [4.78, 5) is 38.2. The molecule has 0 unspecified atom stereocenters. The van der Waals surface area contributed by atoms with E-state index in [0.29, 0.717) is 43.4 Å². The molecule has 1 heterocycles. The predicted octanol–water partition coefficient (Wildman–Crippen LogP) is 1.48. The molecule has 0 bridgehead atoms. The van der Waals surface area contributed by atoms with Crippen LogP contribution in [0.4, 0.5) is 13.6 Å². The van der Waals surface area contributed by atoms with Crippen LogP contribution < -0.4 is 10.6 Å². The van der Waals surface area contributed by atoms with Gasteiger partial charge in [0.15, 0.2) is 6.10 Å². The topological polar surface area (TPSA) is 117 Å². The van der Waals surface area contributed by atoms with Gasteiger partial charge in [-0.15, -0.1) is 0 Å². The van der Waals surface area contributed by atoms with Crippen molar-refractivity contribution in [3.05, 3.63) is 35.9 Å². The van der Waals surface area contributed by atoms with Crippen LogP contribution >= 0.6 is 0 Å². The third kappa shape index (κ3) is 9.60. The second kappa shape index (κ2) is 13.2. The number of halogens is 2. The van der Waals surface area contributed by atoms with Crippen molar-refractivity contribution in [2.24, 2.45) is 0 Å². The maximum absolute atomic E-state index is 13.8. The van der Waals surface area contributed by atoms with Crippen molar-refractivity contribution in [2.75, 3.05) is 32.8 Å². The van der Waals surface area contributed by atoms with Gasteiger partial charge in [0.2, 0.25) is 5.91 Å². The van der Waals surface area contributed by atoms with E-state index >= 15 is 0 Å². The zero-order valence-corrected chi connectivity index (χ0v) is 19.5. The molecular weight excluding hydrogens is 452 g/mol. The third-order valence-corrected chi connectivity index (χ3v) is 5.08. The van der Waals surface area contributed by atoms with Gasteiger partial charge < -0.3 is 30.1 Å². The van der Waals surface area contributed by atoms with Crippen LogP contribution in [-0.4, -0.2) is 84.9 Å². The molecule has 3 atom stereocenters. The van der Waals surface area contributed by atoms with Crippen molar-refractivity contribution in [2.45, 2.75) is 57.3 Å². The van der Waals surface area contributed by atoms with E-state index in [0.717, 1.165) is 0 Å². The number of hydrogen-bond acceptors (Lipinski definition) is 6. The first-order valence-electron chi connectivity index (χ1n) is 11.3. The number of alkyl carbamates (subject to hydrolysis) is 1. The van der Waals surface area contributed by atoms with Crippen molar-refractivity contribution in [3.63, 3.8) is 0 Å². The summed E-state index contributed by atoms with van der Waals surface area (Å²) in [6.45, 7) is 1.73. The van der Waals surface area contributed by atoms with Gasteiger partial charge in [-0.1, -0.05) is 37.3 Å². The van der Waals surface area contributed by atoms with Crippen molar-refractivity contribution >= 4 is 17.9 Å². The smallest absolute Gasteiger partial charge is 0.407 e. The summed E-state index contributed by atoms with van der Waals surface area (Å²) < 4.78 is 38.0. The highest BCUT2D eigenvalue weighted by atomic mass is 19.3. The standard InChI is InChI=1S/C23H33F2N3O6/c1-3-10-26-19(29)13-28(15-23(2,24)25)21(31)20(30)18(12-16-7-5-4-6-8-16)27-22(32)34-17-9-11-33-14-17/h4-8,17-18,20,30H,3,9-15H2,1-2H3,(H,26,29)(H,27,32)/t17-,18-,20-/m0/s1. The Labute approximate surface area is 197 Å². The molecule has 0 aliphatic carbocycles. The molecule has 0 saturated carbocycles. The van der Waals surface area contributed by atoms with Gasteiger partial charge in [-0.05, 0) is 18.4 Å². The molecule has 0 radical (unpaired) electrons. The number of ether oxygens (including phenoxy) is 2. The number of benzene rings is 1. The van der Waals surface area contributed by atoms with E-state index in [2.05, 4.69) is 10.6 Å². The lowest BCUT2D eigenvalue weighted by atomic mass is 10.00. The van der Waals surface area contributed by atoms with Gasteiger partial charge in [0.1, 0.15) is 6.10 Å². The normalized spacial score (nSPS) is 17.5. The Balaban J connectivity index is 2.17. The van der Waals surface area contributed by atoms with Crippen LogP contribution in [0.1, 0.15) is 32.3 Å². The average Bonchev–Trinajstić information content (AvgIpc) is 3.28. The summed E-state index contributed by atoms with van der Waals surface area (Å²) in [6.07, 6.45) is -2.04. The molecule has 11 heteroatoms. The Morgan fingerprint density at radius 1 is 1.29 bits per heavy atom. The van der Waals surface area contributed by atoms with E-state index in [9.17, 15) is 28.3 Å². The van der Waals surface area contributed by atoms with E-state index in [1.54, 1.807) is 30.3 Å². The van der Waals surface area contributed by atoms with Gasteiger partial charge in [0.25, 0.3) is 11.8 Å². The zero-order chi connectivity index (χ0) is 25.1. The SMILES string of the molecule is CCCNC(=O)CN(CC(C)(F)F)C(=O)[C@@H](O)[C@H](Cc1ccccc1)NC(=O)O[C@H]1CCOC1. The summed E-state index contributed by atoms with van der Waals surface area (Å²) >= 11 is 0. The summed E-state index contributed by atoms with van der Waals surface area (Å²) in [5.41, 5.74) is 0.692. The molecule has 1 fully saturated rings. The lowest BCUT2D eigenvalue weighted by Gasteiger charge is -2.31. The van der Waals surface area contributed by atoms with Gasteiger partial charge in [-0.3, -0.25) is 9.59 Å². The Kier molecular flexibility index (Phi) is 10.6. The van der Waals surface area contributed by atoms with Crippen LogP contribution in [0.2, 0.25) is 0 Å². The molecule has 0 spiro atoms. The molecule has 1 aliphatic rings. The second-order valence-electron chi connectivity index (χ2n) is 8.39. The first kappa shape index (κ1) is 27.5. The maximum Gasteiger partial charge on any atom is 0.407 e. The number of aliphatic hydroxyl groups excluding tert-OH is 1. The number of nitrogens with zero attached hydrogens (tertiary/aromatic N) is 1. The Morgan fingerprint density at radius 2 is 2.00 bits per heavy atom. The second-order valence-corrected chi connectivity index (χ2v) is 8.39. The summed E-state index contributed by atoms with van der Waals surface area (Å²) in [7, 11) is 0. The molecule has 3 N–H and O–H groups in total. The number of hydrogen-bond donors (Lipinski definition) is 3. The van der Waals surface area contributed by atoms with Crippen LogP contribution in [-0.2, 0) is 25.5 Å². The van der Waals surface area contributed by atoms with Crippen LogP contribution in [0.25, 0.3) is 0 Å². The van der Waals surface area contributed by atoms with Crippen LogP contribution in [0.15, 0.2) is 30.3 Å². The van der Waals surface area contributed by atoms with Crippen LogP contribution in [0, 0.1) is 0 Å². The fourth-order valence-electron chi connectivity index (χ4n) is 3.45. The minimum atomic E-state index is -3.30. The minimum Gasteiger partial charge on any atom is -0.444 e. The first-order chi connectivity index (χ1) is 16.1. The highest BCUT2D eigenvalue weighted by Gasteiger charge is 2.36. The Bertz CT molecular complexity index is 800. The quantitative estimate of drug-likeness (QED) is 0.413. The fourth-order valence-corrected chi connectivity index (χ4v) is 3.45. The number of carbonyl (C=O) groups is 3. The number of carbonyl (C=O) groups excluding carboxylic acids is 3.